The minimum Gasteiger partial charge on any atom is -0.508 e. The van der Waals surface area contributed by atoms with Crippen molar-refractivity contribution in [3.63, 3.8) is 0 Å². The molecule has 2 aromatic heterocycles. The van der Waals surface area contributed by atoms with Gasteiger partial charge >= 0.3 is 6.18 Å². The van der Waals surface area contributed by atoms with Crippen LogP contribution >= 0.6 is 11.3 Å². The first-order valence-corrected chi connectivity index (χ1v) is 6.27. The Labute approximate surface area is 114 Å². The van der Waals surface area contributed by atoms with Gasteiger partial charge in [0.1, 0.15) is 10.8 Å². The quantitative estimate of drug-likeness (QED) is 0.750. The molecule has 0 amide bonds. The number of benzene rings is 1. The molecule has 0 spiro atoms. The van der Waals surface area contributed by atoms with Gasteiger partial charge in [-0.2, -0.15) is 22.8 Å². The van der Waals surface area contributed by atoms with Crippen LogP contribution in [0.2, 0.25) is 0 Å². The highest BCUT2D eigenvalue weighted by Gasteiger charge is 2.38. The van der Waals surface area contributed by atoms with E-state index in [-0.39, 0.29) is 10.7 Å². The summed E-state index contributed by atoms with van der Waals surface area (Å²) in [5.41, 5.74) is 1.20. The fraction of sp³-hybridized carbons (Fsp3) is 0.182. The fourth-order valence-electron chi connectivity index (χ4n) is 1.65. The second kappa shape index (κ2) is 4.17. The van der Waals surface area contributed by atoms with Gasteiger partial charge in [-0.3, -0.25) is 0 Å². The Morgan fingerprint density at radius 3 is 2.65 bits per heavy atom. The van der Waals surface area contributed by atoms with E-state index in [0.717, 1.165) is 11.3 Å². The Morgan fingerprint density at radius 1 is 1.25 bits per heavy atom. The summed E-state index contributed by atoms with van der Waals surface area (Å²) in [6, 6.07) is 4.79. The summed E-state index contributed by atoms with van der Waals surface area (Å²) < 4.78 is 38.7. The van der Waals surface area contributed by atoms with E-state index in [1.807, 2.05) is 0 Å². The molecule has 0 bridgehead atoms. The maximum atomic E-state index is 12.7. The third-order valence-electron chi connectivity index (χ3n) is 2.70. The van der Waals surface area contributed by atoms with Crippen molar-refractivity contribution in [1.82, 2.24) is 19.8 Å². The summed E-state index contributed by atoms with van der Waals surface area (Å²) in [5.74, 6) is -1.10. The summed E-state index contributed by atoms with van der Waals surface area (Å²) >= 11 is 0.969. The standard InChI is InChI=1S/C11H7F3N4OS/c1-5-2-3-6(4-7(5)19)8-17-18-9(11(12,13)14)15-16-10(18)20-8/h2-4,19H,1H3. The summed E-state index contributed by atoms with van der Waals surface area (Å²) in [4.78, 5) is 0.0485. The number of fused-ring (bicyclic) bond motifs is 1. The van der Waals surface area contributed by atoms with Crippen LogP contribution in [0.25, 0.3) is 15.5 Å². The lowest BCUT2D eigenvalue weighted by molar-refractivity contribution is -0.146. The van der Waals surface area contributed by atoms with Gasteiger partial charge in [0.15, 0.2) is 0 Å². The third kappa shape index (κ3) is 1.99. The molecule has 20 heavy (non-hydrogen) atoms. The van der Waals surface area contributed by atoms with E-state index in [9.17, 15) is 18.3 Å². The van der Waals surface area contributed by atoms with Gasteiger partial charge in [0.25, 0.3) is 5.82 Å². The maximum absolute atomic E-state index is 12.7. The van der Waals surface area contributed by atoms with Gasteiger partial charge in [-0.15, -0.1) is 10.2 Å². The first kappa shape index (κ1) is 12.9. The van der Waals surface area contributed by atoms with Gasteiger partial charge in [0.05, 0.1) is 0 Å². The zero-order chi connectivity index (χ0) is 14.5. The Balaban J connectivity index is 2.14. The van der Waals surface area contributed by atoms with Crippen LogP contribution < -0.4 is 0 Å². The van der Waals surface area contributed by atoms with Gasteiger partial charge in [-0.05, 0) is 18.6 Å². The highest BCUT2D eigenvalue weighted by molar-refractivity contribution is 7.19. The van der Waals surface area contributed by atoms with Crippen molar-refractivity contribution in [2.45, 2.75) is 13.1 Å². The fourth-order valence-corrected chi connectivity index (χ4v) is 2.49. The lowest BCUT2D eigenvalue weighted by Gasteiger charge is -2.01. The van der Waals surface area contributed by atoms with E-state index in [1.54, 1.807) is 19.1 Å². The third-order valence-corrected chi connectivity index (χ3v) is 3.65. The van der Waals surface area contributed by atoms with E-state index in [0.29, 0.717) is 20.6 Å². The molecule has 1 aromatic carbocycles. The minimum absolute atomic E-state index is 0.0485. The predicted octanol–water partition coefficient (Wildman–Crippen LogP) is 2.89. The van der Waals surface area contributed by atoms with E-state index >= 15 is 0 Å². The van der Waals surface area contributed by atoms with Crippen LogP contribution in [0.15, 0.2) is 18.2 Å². The van der Waals surface area contributed by atoms with E-state index in [1.165, 1.54) is 6.07 Å². The lowest BCUT2D eigenvalue weighted by atomic mass is 10.1. The molecule has 3 aromatic rings. The van der Waals surface area contributed by atoms with Crippen LogP contribution in [0.1, 0.15) is 11.4 Å². The van der Waals surface area contributed by atoms with Gasteiger partial charge in [-0.1, -0.05) is 23.5 Å². The van der Waals surface area contributed by atoms with E-state index in [2.05, 4.69) is 15.3 Å². The first-order chi connectivity index (χ1) is 9.36. The number of phenolic OH excluding ortho intramolecular Hbond substituents is 1. The molecule has 0 saturated heterocycles. The molecular formula is C11H7F3N4OS. The summed E-state index contributed by atoms with van der Waals surface area (Å²) in [6.07, 6.45) is -4.61. The number of alkyl halides is 3. The molecule has 0 unspecified atom stereocenters. The molecule has 2 heterocycles. The monoisotopic (exact) mass is 300 g/mol. The molecule has 5 nitrogen and oxygen atoms in total. The van der Waals surface area contributed by atoms with Gasteiger partial charge in [0, 0.05) is 5.56 Å². The van der Waals surface area contributed by atoms with Crippen molar-refractivity contribution in [2.24, 2.45) is 0 Å². The minimum atomic E-state index is -4.61. The average Bonchev–Trinajstić information content (AvgIpc) is 2.90. The van der Waals surface area contributed by atoms with E-state index < -0.39 is 12.0 Å². The molecule has 0 radical (unpaired) electrons. The van der Waals surface area contributed by atoms with Crippen molar-refractivity contribution in [3.8, 4) is 16.3 Å². The summed E-state index contributed by atoms with van der Waals surface area (Å²) in [7, 11) is 0. The number of halogens is 3. The molecule has 0 fully saturated rings. The van der Waals surface area contributed by atoms with Gasteiger partial charge < -0.3 is 5.11 Å². The van der Waals surface area contributed by atoms with Crippen molar-refractivity contribution in [3.05, 3.63) is 29.6 Å². The second-order valence-electron chi connectivity index (χ2n) is 4.12. The maximum Gasteiger partial charge on any atom is 0.453 e. The molecule has 0 aliphatic carbocycles. The van der Waals surface area contributed by atoms with Crippen molar-refractivity contribution in [1.29, 1.82) is 0 Å². The molecule has 0 aliphatic rings. The number of hydrogen-bond acceptors (Lipinski definition) is 5. The normalized spacial score (nSPS) is 12.2. The largest absolute Gasteiger partial charge is 0.508 e. The smallest absolute Gasteiger partial charge is 0.453 e. The molecular weight excluding hydrogens is 293 g/mol. The number of aromatic nitrogens is 4. The highest BCUT2D eigenvalue weighted by Crippen LogP contribution is 2.33. The molecule has 3 rings (SSSR count). The van der Waals surface area contributed by atoms with Crippen LogP contribution in [0.5, 0.6) is 5.75 Å². The SMILES string of the molecule is Cc1ccc(-c2nn3c(C(F)(F)F)nnc3s2)cc1O. The van der Waals surface area contributed by atoms with E-state index in [4.69, 9.17) is 0 Å². The van der Waals surface area contributed by atoms with Crippen LogP contribution in [0, 0.1) is 6.92 Å². The lowest BCUT2D eigenvalue weighted by Crippen LogP contribution is -2.11. The van der Waals surface area contributed by atoms with Gasteiger partial charge in [-0.25, -0.2) is 0 Å². The number of phenols is 1. The van der Waals surface area contributed by atoms with Crippen LogP contribution in [0.3, 0.4) is 0 Å². The highest BCUT2D eigenvalue weighted by atomic mass is 32.1. The summed E-state index contributed by atoms with van der Waals surface area (Å²) in [6.45, 7) is 1.72. The topological polar surface area (TPSA) is 63.3 Å². The average molecular weight is 300 g/mol. The Bertz CT molecular complexity index is 793. The predicted molar refractivity (Wildman–Crippen MR) is 65.5 cm³/mol. The van der Waals surface area contributed by atoms with Gasteiger partial charge in [0.2, 0.25) is 4.96 Å². The molecule has 104 valence electrons. The Hall–Kier alpha value is -2.16. The van der Waals surface area contributed by atoms with Crippen molar-refractivity contribution >= 4 is 16.3 Å². The number of aryl methyl sites for hydroxylation is 1. The Morgan fingerprint density at radius 2 is 2.00 bits per heavy atom. The second-order valence-corrected chi connectivity index (χ2v) is 5.08. The zero-order valence-corrected chi connectivity index (χ0v) is 10.8. The van der Waals surface area contributed by atoms with Crippen LogP contribution in [-0.4, -0.2) is 24.9 Å². The molecule has 0 atom stereocenters. The molecule has 9 heteroatoms. The zero-order valence-electron chi connectivity index (χ0n) is 10.0. The molecule has 0 saturated carbocycles. The number of nitrogens with zero attached hydrogens (tertiary/aromatic N) is 4. The number of rotatable bonds is 1. The summed E-state index contributed by atoms with van der Waals surface area (Å²) in [5, 5.41) is 20.4. The number of aromatic hydroxyl groups is 1. The van der Waals surface area contributed by atoms with Crippen molar-refractivity contribution in [2.75, 3.05) is 0 Å². The molecule has 1 N–H and O–H groups in total. The first-order valence-electron chi connectivity index (χ1n) is 5.45. The molecule has 0 aliphatic heterocycles. The van der Waals surface area contributed by atoms with Crippen LogP contribution in [0.4, 0.5) is 13.2 Å². The van der Waals surface area contributed by atoms with Crippen LogP contribution in [-0.2, 0) is 6.18 Å². The Kier molecular flexibility index (Phi) is 2.68. The number of hydrogen-bond donors (Lipinski definition) is 1. The van der Waals surface area contributed by atoms with Crippen molar-refractivity contribution < 1.29 is 18.3 Å².